The van der Waals surface area contributed by atoms with Crippen LogP contribution in [0.4, 0.5) is 0 Å². The van der Waals surface area contributed by atoms with Crippen molar-refractivity contribution in [3.8, 4) is 11.5 Å². The topological polar surface area (TPSA) is 18.5 Å². The third kappa shape index (κ3) is 4.26. The van der Waals surface area contributed by atoms with Gasteiger partial charge in [-0.25, -0.2) is 0 Å². The van der Waals surface area contributed by atoms with E-state index >= 15 is 0 Å². The van der Waals surface area contributed by atoms with Crippen molar-refractivity contribution >= 4 is 27.5 Å². The lowest BCUT2D eigenvalue weighted by molar-refractivity contribution is 0.361. The van der Waals surface area contributed by atoms with Crippen molar-refractivity contribution in [1.29, 1.82) is 0 Å². The monoisotopic (exact) mass is 366 g/mol. The quantitative estimate of drug-likeness (QED) is 0.648. The lowest BCUT2D eigenvalue weighted by Gasteiger charge is -2.11. The molecule has 2 rings (SSSR count). The van der Waals surface area contributed by atoms with Crippen LogP contribution in [0.15, 0.2) is 53.5 Å². The van der Waals surface area contributed by atoms with E-state index in [-0.39, 0.29) is 0 Å². The molecule has 0 unspecified atom stereocenters. The summed E-state index contributed by atoms with van der Waals surface area (Å²) in [5.74, 6) is 1.57. The standard InChI is InChI=1S/C17H16BrClO2/c1-3-8-21-17-11-16(19)13(10-15(17)18)9-12-4-6-14(20-2)7-5-12/h3-7,10-11H,1,8-9H2,2H3. The van der Waals surface area contributed by atoms with Gasteiger partial charge < -0.3 is 9.47 Å². The first-order chi connectivity index (χ1) is 10.1. The number of ether oxygens (including phenoxy) is 2. The molecule has 0 aromatic heterocycles. The van der Waals surface area contributed by atoms with Crippen LogP contribution in [0.2, 0.25) is 5.02 Å². The fraction of sp³-hybridized carbons (Fsp3) is 0.176. The van der Waals surface area contributed by atoms with E-state index in [1.54, 1.807) is 13.2 Å². The zero-order valence-electron chi connectivity index (χ0n) is 11.7. The Balaban J connectivity index is 2.19. The van der Waals surface area contributed by atoms with E-state index in [1.807, 2.05) is 36.4 Å². The molecule has 4 heteroatoms. The van der Waals surface area contributed by atoms with Crippen LogP contribution in [0.1, 0.15) is 11.1 Å². The van der Waals surface area contributed by atoms with Crippen LogP contribution >= 0.6 is 27.5 Å². The Bertz CT molecular complexity index is 623. The summed E-state index contributed by atoms with van der Waals surface area (Å²) in [6, 6.07) is 11.8. The van der Waals surface area contributed by atoms with Crippen LogP contribution in [0.3, 0.4) is 0 Å². The molecule has 0 atom stereocenters. The van der Waals surface area contributed by atoms with Crippen molar-refractivity contribution in [3.63, 3.8) is 0 Å². The van der Waals surface area contributed by atoms with Crippen molar-refractivity contribution in [2.24, 2.45) is 0 Å². The molecule has 2 aromatic carbocycles. The predicted octanol–water partition coefficient (Wildman–Crippen LogP) is 5.27. The Kier molecular flexibility index (Phi) is 5.71. The molecule has 21 heavy (non-hydrogen) atoms. The van der Waals surface area contributed by atoms with E-state index in [1.165, 1.54) is 5.56 Å². The van der Waals surface area contributed by atoms with Gasteiger partial charge in [0.05, 0.1) is 11.6 Å². The summed E-state index contributed by atoms with van der Waals surface area (Å²) in [5.41, 5.74) is 2.21. The molecule has 2 aromatic rings. The highest BCUT2D eigenvalue weighted by molar-refractivity contribution is 9.10. The second-order valence-corrected chi connectivity index (χ2v) is 5.76. The highest BCUT2D eigenvalue weighted by atomic mass is 79.9. The summed E-state index contributed by atoms with van der Waals surface area (Å²) in [6.07, 6.45) is 2.45. The molecule has 0 aliphatic heterocycles. The maximum absolute atomic E-state index is 6.34. The second kappa shape index (κ2) is 7.53. The lowest BCUT2D eigenvalue weighted by atomic mass is 10.0. The van der Waals surface area contributed by atoms with Gasteiger partial charge >= 0.3 is 0 Å². The first-order valence-corrected chi connectivity index (χ1v) is 7.65. The molecule has 0 saturated carbocycles. The van der Waals surface area contributed by atoms with E-state index < -0.39 is 0 Å². The number of hydrogen-bond acceptors (Lipinski definition) is 2. The Hall–Kier alpha value is -1.45. The molecule has 0 amide bonds. The van der Waals surface area contributed by atoms with Crippen molar-refractivity contribution in [1.82, 2.24) is 0 Å². The van der Waals surface area contributed by atoms with Crippen molar-refractivity contribution in [2.75, 3.05) is 13.7 Å². The zero-order chi connectivity index (χ0) is 15.2. The van der Waals surface area contributed by atoms with Gasteiger partial charge in [0.2, 0.25) is 0 Å². The third-order valence-electron chi connectivity index (χ3n) is 3.01. The van der Waals surface area contributed by atoms with E-state index in [0.717, 1.165) is 28.0 Å². The Morgan fingerprint density at radius 1 is 1.24 bits per heavy atom. The van der Waals surface area contributed by atoms with Crippen molar-refractivity contribution in [2.45, 2.75) is 6.42 Å². The van der Waals surface area contributed by atoms with Crippen molar-refractivity contribution < 1.29 is 9.47 Å². The molecule has 0 fully saturated rings. The van der Waals surface area contributed by atoms with Gasteiger partial charge in [0.15, 0.2) is 0 Å². The molecule has 0 heterocycles. The molecule has 0 saturated heterocycles. The maximum atomic E-state index is 6.34. The van der Waals surface area contributed by atoms with Crippen molar-refractivity contribution in [3.05, 3.63) is 69.7 Å². The fourth-order valence-corrected chi connectivity index (χ4v) is 2.65. The van der Waals surface area contributed by atoms with Crippen LogP contribution in [-0.4, -0.2) is 13.7 Å². The van der Waals surface area contributed by atoms with Gasteiger partial charge in [-0.15, -0.1) is 0 Å². The summed E-state index contributed by atoms with van der Waals surface area (Å²) >= 11 is 9.85. The zero-order valence-corrected chi connectivity index (χ0v) is 14.1. The van der Waals surface area contributed by atoms with Crippen LogP contribution < -0.4 is 9.47 Å². The normalized spacial score (nSPS) is 10.2. The van der Waals surface area contributed by atoms with Gasteiger partial charge in [-0.1, -0.05) is 36.4 Å². The van der Waals surface area contributed by atoms with Gasteiger partial charge in [-0.3, -0.25) is 0 Å². The molecule has 0 aliphatic rings. The summed E-state index contributed by atoms with van der Waals surface area (Å²) in [5, 5.41) is 0.688. The Morgan fingerprint density at radius 3 is 2.57 bits per heavy atom. The second-order valence-electron chi connectivity index (χ2n) is 4.50. The molecular formula is C17H16BrClO2. The molecular weight excluding hydrogens is 352 g/mol. The molecule has 0 bridgehead atoms. The number of benzene rings is 2. The molecule has 0 N–H and O–H groups in total. The van der Waals surface area contributed by atoms with E-state index in [4.69, 9.17) is 21.1 Å². The van der Waals surface area contributed by atoms with E-state index in [9.17, 15) is 0 Å². The fourth-order valence-electron chi connectivity index (χ4n) is 1.93. The van der Waals surface area contributed by atoms with Crippen LogP contribution in [-0.2, 0) is 6.42 Å². The number of methoxy groups -OCH3 is 1. The smallest absolute Gasteiger partial charge is 0.135 e. The minimum absolute atomic E-state index is 0.451. The SMILES string of the molecule is C=CCOc1cc(Cl)c(Cc2ccc(OC)cc2)cc1Br. The summed E-state index contributed by atoms with van der Waals surface area (Å²) in [4.78, 5) is 0. The number of hydrogen-bond donors (Lipinski definition) is 0. The lowest BCUT2D eigenvalue weighted by Crippen LogP contribution is -1.96. The third-order valence-corrected chi connectivity index (χ3v) is 3.98. The van der Waals surface area contributed by atoms with Gasteiger partial charge in [-0.2, -0.15) is 0 Å². The van der Waals surface area contributed by atoms with Gasteiger partial charge in [0.1, 0.15) is 18.1 Å². The van der Waals surface area contributed by atoms with Gasteiger partial charge in [-0.05, 0) is 51.7 Å². The summed E-state index contributed by atoms with van der Waals surface area (Å²) in [7, 11) is 1.66. The number of rotatable bonds is 6. The summed E-state index contributed by atoms with van der Waals surface area (Å²) in [6.45, 7) is 4.08. The highest BCUT2D eigenvalue weighted by Crippen LogP contribution is 2.32. The van der Waals surface area contributed by atoms with E-state index in [0.29, 0.717) is 11.6 Å². The van der Waals surface area contributed by atoms with Gasteiger partial charge in [0, 0.05) is 11.1 Å². The maximum Gasteiger partial charge on any atom is 0.135 e. The molecule has 110 valence electrons. The first-order valence-electron chi connectivity index (χ1n) is 6.48. The largest absolute Gasteiger partial charge is 0.497 e. The van der Waals surface area contributed by atoms with Crippen LogP contribution in [0, 0.1) is 0 Å². The Labute approximate surface area is 138 Å². The van der Waals surface area contributed by atoms with Crippen LogP contribution in [0.5, 0.6) is 11.5 Å². The van der Waals surface area contributed by atoms with E-state index in [2.05, 4.69) is 22.5 Å². The first kappa shape index (κ1) is 15.9. The molecule has 0 radical (unpaired) electrons. The number of halogens is 2. The Morgan fingerprint density at radius 2 is 1.95 bits per heavy atom. The minimum atomic E-state index is 0.451. The molecule has 0 spiro atoms. The predicted molar refractivity (Wildman–Crippen MR) is 90.6 cm³/mol. The van der Waals surface area contributed by atoms with Gasteiger partial charge in [0.25, 0.3) is 0 Å². The minimum Gasteiger partial charge on any atom is -0.497 e. The summed E-state index contributed by atoms with van der Waals surface area (Å²) < 4.78 is 11.6. The average molecular weight is 368 g/mol. The molecule has 0 aliphatic carbocycles. The average Bonchev–Trinajstić information content (AvgIpc) is 2.50. The van der Waals surface area contributed by atoms with Crippen LogP contribution in [0.25, 0.3) is 0 Å². The molecule has 2 nitrogen and oxygen atoms in total. The highest BCUT2D eigenvalue weighted by Gasteiger charge is 2.09.